The molecule has 0 radical (unpaired) electrons. The lowest BCUT2D eigenvalue weighted by atomic mass is 10.2. The largest absolute Gasteiger partial charge is 0.489 e. The number of carbonyl (C=O) groups is 1. The Kier molecular flexibility index (Phi) is 5.94. The lowest BCUT2D eigenvalue weighted by Gasteiger charge is -2.11. The molecule has 4 nitrogen and oxygen atoms in total. The van der Waals surface area contributed by atoms with Gasteiger partial charge in [0.15, 0.2) is 0 Å². The number of hydrogen-bond donors (Lipinski definition) is 2. The van der Waals surface area contributed by atoms with E-state index in [0.29, 0.717) is 24.5 Å². The van der Waals surface area contributed by atoms with Crippen molar-refractivity contribution in [2.24, 2.45) is 5.73 Å². The molecule has 0 spiro atoms. The zero-order valence-electron chi connectivity index (χ0n) is 10.7. The van der Waals surface area contributed by atoms with E-state index in [9.17, 15) is 4.79 Å². The summed E-state index contributed by atoms with van der Waals surface area (Å²) in [7, 11) is 0. The zero-order chi connectivity index (χ0) is 13.4. The summed E-state index contributed by atoms with van der Waals surface area (Å²) in [5.41, 5.74) is 6.16. The fourth-order valence-electron chi connectivity index (χ4n) is 1.44. The topological polar surface area (TPSA) is 64.3 Å². The van der Waals surface area contributed by atoms with Crippen LogP contribution in [0.15, 0.2) is 36.9 Å². The molecular formula is C14H20N2O2. The number of ether oxygens (including phenoxy) is 1. The zero-order valence-corrected chi connectivity index (χ0v) is 10.7. The van der Waals surface area contributed by atoms with Crippen LogP contribution in [0.1, 0.15) is 23.7 Å². The molecule has 0 aliphatic carbocycles. The highest BCUT2D eigenvalue weighted by atomic mass is 16.5. The fraction of sp³-hybridized carbons (Fsp3) is 0.357. The van der Waals surface area contributed by atoms with Crippen molar-refractivity contribution in [3.63, 3.8) is 0 Å². The molecule has 1 unspecified atom stereocenters. The minimum atomic E-state index is -0.143. The molecule has 1 amide bonds. The van der Waals surface area contributed by atoms with Crippen molar-refractivity contribution < 1.29 is 9.53 Å². The van der Waals surface area contributed by atoms with E-state index in [1.165, 1.54) is 0 Å². The molecule has 0 aliphatic heterocycles. The monoisotopic (exact) mass is 248 g/mol. The summed E-state index contributed by atoms with van der Waals surface area (Å²) in [6.07, 6.45) is 2.40. The number of carbonyl (C=O) groups excluding carboxylic acids is 1. The van der Waals surface area contributed by atoms with Crippen LogP contribution in [-0.2, 0) is 0 Å². The molecule has 0 saturated carbocycles. The standard InChI is InChI=1S/C14H20N2O2/c1-3-10-18-13-7-5-4-6-12(13)14(17)16-9-8-11(2)15/h3-7,11H,1,8-10,15H2,2H3,(H,16,17). The van der Waals surface area contributed by atoms with Crippen LogP contribution in [0.3, 0.4) is 0 Å². The van der Waals surface area contributed by atoms with Gasteiger partial charge < -0.3 is 15.8 Å². The molecule has 1 rings (SSSR count). The Labute approximate surface area is 108 Å². The van der Waals surface area contributed by atoms with Crippen LogP contribution in [0, 0.1) is 0 Å². The van der Waals surface area contributed by atoms with E-state index >= 15 is 0 Å². The molecule has 0 bridgehead atoms. The van der Waals surface area contributed by atoms with Crippen LogP contribution >= 0.6 is 0 Å². The number of amides is 1. The Balaban J connectivity index is 2.63. The van der Waals surface area contributed by atoms with Gasteiger partial charge in [-0.1, -0.05) is 24.8 Å². The van der Waals surface area contributed by atoms with E-state index in [1.807, 2.05) is 13.0 Å². The van der Waals surface area contributed by atoms with E-state index in [-0.39, 0.29) is 11.9 Å². The summed E-state index contributed by atoms with van der Waals surface area (Å²) >= 11 is 0. The van der Waals surface area contributed by atoms with Gasteiger partial charge >= 0.3 is 0 Å². The first-order valence-corrected chi connectivity index (χ1v) is 6.01. The second kappa shape index (κ2) is 7.50. The molecular weight excluding hydrogens is 228 g/mol. The third-order valence-electron chi connectivity index (χ3n) is 2.37. The minimum absolute atomic E-state index is 0.0811. The van der Waals surface area contributed by atoms with Crippen molar-refractivity contribution in [3.05, 3.63) is 42.5 Å². The van der Waals surface area contributed by atoms with Crippen molar-refractivity contribution in [2.45, 2.75) is 19.4 Å². The number of nitrogens with two attached hydrogens (primary N) is 1. The van der Waals surface area contributed by atoms with E-state index < -0.39 is 0 Å². The molecule has 1 atom stereocenters. The minimum Gasteiger partial charge on any atom is -0.489 e. The molecule has 0 heterocycles. The molecule has 1 aromatic carbocycles. The highest BCUT2D eigenvalue weighted by Crippen LogP contribution is 2.17. The van der Waals surface area contributed by atoms with Crippen molar-refractivity contribution in [1.29, 1.82) is 0 Å². The highest BCUT2D eigenvalue weighted by molar-refractivity contribution is 5.96. The highest BCUT2D eigenvalue weighted by Gasteiger charge is 2.11. The first-order chi connectivity index (χ1) is 8.65. The summed E-state index contributed by atoms with van der Waals surface area (Å²) in [6, 6.07) is 7.22. The van der Waals surface area contributed by atoms with Gasteiger partial charge in [0, 0.05) is 12.6 Å². The summed E-state index contributed by atoms with van der Waals surface area (Å²) in [4.78, 5) is 12.0. The van der Waals surface area contributed by atoms with Crippen molar-refractivity contribution in [1.82, 2.24) is 5.32 Å². The predicted octanol–water partition coefficient (Wildman–Crippen LogP) is 1.72. The van der Waals surface area contributed by atoms with Crippen LogP contribution in [0.4, 0.5) is 0 Å². The number of benzene rings is 1. The van der Waals surface area contributed by atoms with Crippen LogP contribution < -0.4 is 15.8 Å². The summed E-state index contributed by atoms with van der Waals surface area (Å²) < 4.78 is 5.43. The molecule has 0 fully saturated rings. The van der Waals surface area contributed by atoms with Gasteiger partial charge in [0.25, 0.3) is 5.91 Å². The number of hydrogen-bond acceptors (Lipinski definition) is 3. The van der Waals surface area contributed by atoms with E-state index in [2.05, 4.69) is 11.9 Å². The van der Waals surface area contributed by atoms with Gasteiger partial charge in [0.05, 0.1) is 5.56 Å². The maximum Gasteiger partial charge on any atom is 0.255 e. The smallest absolute Gasteiger partial charge is 0.255 e. The molecule has 3 N–H and O–H groups in total. The molecule has 1 aromatic rings. The number of rotatable bonds is 7. The first-order valence-electron chi connectivity index (χ1n) is 6.01. The Hall–Kier alpha value is -1.81. The Bertz CT molecular complexity index is 403. The van der Waals surface area contributed by atoms with Gasteiger partial charge in [-0.05, 0) is 25.5 Å². The van der Waals surface area contributed by atoms with Gasteiger partial charge in [-0.15, -0.1) is 0 Å². The second-order valence-corrected chi connectivity index (χ2v) is 4.12. The van der Waals surface area contributed by atoms with Crippen molar-refractivity contribution in [3.8, 4) is 5.75 Å². The van der Waals surface area contributed by atoms with E-state index in [0.717, 1.165) is 6.42 Å². The van der Waals surface area contributed by atoms with Crippen LogP contribution in [0.5, 0.6) is 5.75 Å². The molecule has 98 valence electrons. The molecule has 18 heavy (non-hydrogen) atoms. The Morgan fingerprint density at radius 3 is 2.94 bits per heavy atom. The SMILES string of the molecule is C=CCOc1ccccc1C(=O)NCCC(C)N. The molecule has 0 saturated heterocycles. The van der Waals surface area contributed by atoms with Gasteiger partial charge in [-0.25, -0.2) is 0 Å². The van der Waals surface area contributed by atoms with Crippen LogP contribution in [-0.4, -0.2) is 25.1 Å². The third kappa shape index (κ3) is 4.59. The maximum absolute atomic E-state index is 12.0. The van der Waals surface area contributed by atoms with E-state index in [1.54, 1.807) is 24.3 Å². The van der Waals surface area contributed by atoms with Gasteiger partial charge in [0.1, 0.15) is 12.4 Å². The molecule has 4 heteroatoms. The molecule has 0 aromatic heterocycles. The average Bonchev–Trinajstić information content (AvgIpc) is 2.36. The number of nitrogens with one attached hydrogen (secondary N) is 1. The number of para-hydroxylation sites is 1. The predicted molar refractivity (Wildman–Crippen MR) is 72.7 cm³/mol. The van der Waals surface area contributed by atoms with Crippen molar-refractivity contribution >= 4 is 5.91 Å². The lowest BCUT2D eigenvalue weighted by Crippen LogP contribution is -2.29. The molecule has 0 aliphatic rings. The van der Waals surface area contributed by atoms with Crippen LogP contribution in [0.2, 0.25) is 0 Å². The fourth-order valence-corrected chi connectivity index (χ4v) is 1.44. The normalized spacial score (nSPS) is 11.7. The van der Waals surface area contributed by atoms with Gasteiger partial charge in [-0.2, -0.15) is 0 Å². The lowest BCUT2D eigenvalue weighted by molar-refractivity contribution is 0.0949. The van der Waals surface area contributed by atoms with E-state index in [4.69, 9.17) is 10.5 Å². The second-order valence-electron chi connectivity index (χ2n) is 4.12. The Morgan fingerprint density at radius 1 is 1.56 bits per heavy atom. The first kappa shape index (κ1) is 14.3. The van der Waals surface area contributed by atoms with Crippen molar-refractivity contribution in [2.75, 3.05) is 13.2 Å². The maximum atomic E-state index is 12.0. The summed E-state index contributed by atoms with van der Waals surface area (Å²) in [5.74, 6) is 0.422. The van der Waals surface area contributed by atoms with Gasteiger partial charge in [-0.3, -0.25) is 4.79 Å². The third-order valence-corrected chi connectivity index (χ3v) is 2.37. The summed E-state index contributed by atoms with van der Waals surface area (Å²) in [6.45, 7) is 6.43. The quantitative estimate of drug-likeness (QED) is 0.722. The Morgan fingerprint density at radius 2 is 2.28 bits per heavy atom. The average molecular weight is 248 g/mol. The van der Waals surface area contributed by atoms with Gasteiger partial charge in [0.2, 0.25) is 0 Å². The summed E-state index contributed by atoms with van der Waals surface area (Å²) in [5, 5.41) is 2.82. The van der Waals surface area contributed by atoms with Crippen LogP contribution in [0.25, 0.3) is 0 Å².